The van der Waals surface area contributed by atoms with Gasteiger partial charge in [0.05, 0.1) is 10.6 Å². The van der Waals surface area contributed by atoms with E-state index in [1.54, 1.807) is 37.3 Å². The standard InChI is InChI=1S/C21H16ClF3N4O2S/c1-2-26-20(31)17-10-18(28-11-27-17)32-14-6-4-13(5-7-14)29-19(30)12-3-8-16(22)15(9-12)21(23,24)25/h3-11H,2H2,1H3,(H,26,31)(H,29,30). The number of nitrogens with zero attached hydrogens (tertiary/aromatic N) is 2. The van der Waals surface area contributed by atoms with Crippen molar-refractivity contribution in [3.05, 3.63) is 76.7 Å². The molecule has 1 aromatic heterocycles. The molecule has 2 aromatic carbocycles. The van der Waals surface area contributed by atoms with Crippen LogP contribution in [0.15, 0.2) is 64.8 Å². The van der Waals surface area contributed by atoms with Gasteiger partial charge in [-0.25, -0.2) is 9.97 Å². The number of benzene rings is 2. The average Bonchev–Trinajstić information content (AvgIpc) is 2.75. The van der Waals surface area contributed by atoms with Crippen LogP contribution in [0.4, 0.5) is 18.9 Å². The summed E-state index contributed by atoms with van der Waals surface area (Å²) < 4.78 is 39.0. The minimum Gasteiger partial charge on any atom is -0.351 e. The van der Waals surface area contributed by atoms with Crippen molar-refractivity contribution >= 4 is 40.9 Å². The topological polar surface area (TPSA) is 84.0 Å². The number of halogens is 4. The van der Waals surface area contributed by atoms with Gasteiger partial charge < -0.3 is 10.6 Å². The summed E-state index contributed by atoms with van der Waals surface area (Å²) in [5, 5.41) is 5.28. The number of rotatable bonds is 6. The molecule has 0 fully saturated rings. The molecule has 0 aliphatic heterocycles. The van der Waals surface area contributed by atoms with Crippen molar-refractivity contribution < 1.29 is 22.8 Å². The van der Waals surface area contributed by atoms with Gasteiger partial charge in [0.2, 0.25) is 0 Å². The Labute approximate surface area is 190 Å². The predicted octanol–water partition coefficient (Wildman–Crippen LogP) is 5.30. The molecule has 6 nitrogen and oxygen atoms in total. The van der Waals surface area contributed by atoms with Crippen molar-refractivity contribution in [3.8, 4) is 0 Å². The third-order valence-electron chi connectivity index (χ3n) is 4.08. The van der Waals surface area contributed by atoms with Gasteiger partial charge in [0.25, 0.3) is 11.8 Å². The molecule has 0 aliphatic rings. The van der Waals surface area contributed by atoms with Gasteiger partial charge in [-0.15, -0.1) is 0 Å². The molecule has 0 saturated carbocycles. The van der Waals surface area contributed by atoms with Crippen LogP contribution < -0.4 is 10.6 Å². The predicted molar refractivity (Wildman–Crippen MR) is 115 cm³/mol. The molecule has 0 saturated heterocycles. The van der Waals surface area contributed by atoms with E-state index >= 15 is 0 Å². The SMILES string of the molecule is CCNC(=O)c1cc(Sc2ccc(NC(=O)c3ccc(Cl)c(C(F)(F)F)c3)cc2)ncn1. The first-order valence-corrected chi connectivity index (χ1v) is 10.4. The summed E-state index contributed by atoms with van der Waals surface area (Å²) in [6.07, 6.45) is -3.37. The molecule has 0 aliphatic carbocycles. The van der Waals surface area contributed by atoms with E-state index in [2.05, 4.69) is 20.6 Å². The molecule has 0 unspecified atom stereocenters. The number of amides is 2. The lowest BCUT2D eigenvalue weighted by atomic mass is 10.1. The van der Waals surface area contributed by atoms with Crippen LogP contribution >= 0.6 is 23.4 Å². The molecule has 32 heavy (non-hydrogen) atoms. The summed E-state index contributed by atoms with van der Waals surface area (Å²) in [6, 6.07) is 11.1. The van der Waals surface area contributed by atoms with Gasteiger partial charge in [0.15, 0.2) is 0 Å². The molecular formula is C21H16ClF3N4O2S. The van der Waals surface area contributed by atoms with Gasteiger partial charge in [-0.2, -0.15) is 13.2 Å². The third kappa shape index (κ3) is 5.98. The lowest BCUT2D eigenvalue weighted by molar-refractivity contribution is -0.137. The molecule has 2 amide bonds. The van der Waals surface area contributed by atoms with Crippen molar-refractivity contribution in [2.45, 2.75) is 23.0 Å². The number of anilines is 1. The Balaban J connectivity index is 1.68. The van der Waals surface area contributed by atoms with E-state index in [-0.39, 0.29) is 17.2 Å². The number of nitrogens with one attached hydrogen (secondary N) is 2. The summed E-state index contributed by atoms with van der Waals surface area (Å²) in [5.74, 6) is -0.999. The summed E-state index contributed by atoms with van der Waals surface area (Å²) in [6.45, 7) is 2.28. The number of carbonyl (C=O) groups excluding carboxylic acids is 2. The van der Waals surface area contributed by atoms with Gasteiger partial charge >= 0.3 is 6.18 Å². The Kier molecular flexibility index (Phi) is 7.37. The highest BCUT2D eigenvalue weighted by atomic mass is 35.5. The van der Waals surface area contributed by atoms with Crippen LogP contribution in [0.2, 0.25) is 5.02 Å². The fraction of sp³-hybridized carbons (Fsp3) is 0.143. The van der Waals surface area contributed by atoms with Crippen LogP contribution in [-0.4, -0.2) is 28.3 Å². The number of aromatic nitrogens is 2. The number of alkyl halides is 3. The molecule has 0 spiro atoms. The van der Waals surface area contributed by atoms with E-state index in [1.165, 1.54) is 24.2 Å². The number of carbonyl (C=O) groups is 2. The maximum Gasteiger partial charge on any atom is 0.417 e. The van der Waals surface area contributed by atoms with Gasteiger partial charge in [-0.1, -0.05) is 23.4 Å². The van der Waals surface area contributed by atoms with Crippen LogP contribution in [0, 0.1) is 0 Å². The van der Waals surface area contributed by atoms with Crippen molar-refractivity contribution in [2.24, 2.45) is 0 Å². The molecule has 2 N–H and O–H groups in total. The van der Waals surface area contributed by atoms with E-state index < -0.39 is 22.7 Å². The van der Waals surface area contributed by atoms with Crippen LogP contribution in [0.5, 0.6) is 0 Å². The van der Waals surface area contributed by atoms with Crippen molar-refractivity contribution in [1.82, 2.24) is 15.3 Å². The summed E-state index contributed by atoms with van der Waals surface area (Å²) in [4.78, 5) is 33.1. The quantitative estimate of drug-likeness (QED) is 0.468. The number of hydrogen-bond donors (Lipinski definition) is 2. The second kappa shape index (κ2) is 10.0. The first kappa shape index (κ1) is 23.6. The van der Waals surface area contributed by atoms with Gasteiger partial charge in [0, 0.05) is 28.8 Å². The van der Waals surface area contributed by atoms with Crippen LogP contribution in [-0.2, 0) is 6.18 Å². The maximum atomic E-state index is 13.0. The highest BCUT2D eigenvalue weighted by Crippen LogP contribution is 2.35. The van der Waals surface area contributed by atoms with Gasteiger partial charge in [0.1, 0.15) is 17.0 Å². The highest BCUT2D eigenvalue weighted by Gasteiger charge is 2.33. The molecule has 1 heterocycles. The summed E-state index contributed by atoms with van der Waals surface area (Å²) in [7, 11) is 0. The Morgan fingerprint density at radius 2 is 1.75 bits per heavy atom. The Morgan fingerprint density at radius 1 is 1.03 bits per heavy atom. The molecule has 3 aromatic rings. The monoisotopic (exact) mass is 480 g/mol. The van der Waals surface area contributed by atoms with Crippen molar-refractivity contribution in [1.29, 1.82) is 0 Å². The highest BCUT2D eigenvalue weighted by molar-refractivity contribution is 7.99. The summed E-state index contributed by atoms with van der Waals surface area (Å²) in [5.41, 5.74) is -0.600. The fourth-order valence-electron chi connectivity index (χ4n) is 2.58. The van der Waals surface area contributed by atoms with Gasteiger partial charge in [-0.05, 0) is 49.4 Å². The first-order chi connectivity index (χ1) is 15.2. The zero-order valence-corrected chi connectivity index (χ0v) is 18.1. The van der Waals surface area contributed by atoms with Gasteiger partial charge in [-0.3, -0.25) is 9.59 Å². The molecule has 0 atom stereocenters. The van der Waals surface area contributed by atoms with Crippen molar-refractivity contribution in [2.75, 3.05) is 11.9 Å². The van der Waals surface area contributed by atoms with Crippen LogP contribution in [0.25, 0.3) is 0 Å². The fourth-order valence-corrected chi connectivity index (χ4v) is 3.59. The zero-order valence-electron chi connectivity index (χ0n) is 16.5. The smallest absolute Gasteiger partial charge is 0.351 e. The van der Waals surface area contributed by atoms with E-state index in [0.29, 0.717) is 23.3 Å². The lowest BCUT2D eigenvalue weighted by Gasteiger charge is -2.11. The zero-order chi connectivity index (χ0) is 23.3. The average molecular weight is 481 g/mol. The Hall–Kier alpha value is -3.11. The molecule has 0 bridgehead atoms. The van der Waals surface area contributed by atoms with Crippen LogP contribution in [0.3, 0.4) is 0 Å². The molecule has 3 rings (SSSR count). The second-order valence-electron chi connectivity index (χ2n) is 6.37. The van der Waals surface area contributed by atoms with E-state index in [1.807, 2.05) is 0 Å². The third-order valence-corrected chi connectivity index (χ3v) is 5.35. The van der Waals surface area contributed by atoms with E-state index in [9.17, 15) is 22.8 Å². The molecule has 11 heteroatoms. The Bertz CT molecular complexity index is 1140. The first-order valence-electron chi connectivity index (χ1n) is 9.23. The molecular weight excluding hydrogens is 465 g/mol. The summed E-state index contributed by atoms with van der Waals surface area (Å²) >= 11 is 6.87. The molecule has 166 valence electrons. The normalized spacial score (nSPS) is 11.2. The molecule has 0 radical (unpaired) electrons. The largest absolute Gasteiger partial charge is 0.417 e. The Morgan fingerprint density at radius 3 is 2.41 bits per heavy atom. The van der Waals surface area contributed by atoms with E-state index in [4.69, 9.17) is 11.6 Å². The maximum absolute atomic E-state index is 13.0. The minimum atomic E-state index is -4.66. The van der Waals surface area contributed by atoms with E-state index in [0.717, 1.165) is 11.0 Å². The van der Waals surface area contributed by atoms with Crippen molar-refractivity contribution in [3.63, 3.8) is 0 Å². The lowest BCUT2D eigenvalue weighted by Crippen LogP contribution is -2.23. The second-order valence-corrected chi connectivity index (χ2v) is 7.87. The number of hydrogen-bond acceptors (Lipinski definition) is 5. The van der Waals surface area contributed by atoms with Crippen LogP contribution in [0.1, 0.15) is 33.3 Å². The minimum absolute atomic E-state index is 0.168.